The van der Waals surface area contributed by atoms with Gasteiger partial charge in [-0.05, 0) is 24.5 Å². The smallest absolute Gasteiger partial charge is 0.265 e. The first-order chi connectivity index (χ1) is 10.7. The number of anilines is 1. The highest BCUT2D eigenvalue weighted by molar-refractivity contribution is 7.07. The van der Waals surface area contributed by atoms with Crippen molar-refractivity contribution in [2.45, 2.75) is 13.5 Å². The molecule has 2 aromatic heterocycles. The average molecular weight is 320 g/mol. The molecule has 116 valence electrons. The standard InChI is InChI=1S/C13H16N6O2S/c1-9-11(22-18-17-9)12(20)15-8-10-2-3-14-13(16-10)19-4-6-21-7-5-19/h2-3H,4-8H2,1H3,(H,15,20). The van der Waals surface area contributed by atoms with E-state index in [9.17, 15) is 4.79 Å². The van der Waals surface area contributed by atoms with Gasteiger partial charge in [-0.25, -0.2) is 9.97 Å². The largest absolute Gasteiger partial charge is 0.378 e. The summed E-state index contributed by atoms with van der Waals surface area (Å²) in [6.07, 6.45) is 1.71. The fourth-order valence-corrected chi connectivity index (χ4v) is 2.66. The molecule has 22 heavy (non-hydrogen) atoms. The molecule has 1 saturated heterocycles. The molecule has 1 aliphatic heterocycles. The highest BCUT2D eigenvalue weighted by Gasteiger charge is 2.15. The van der Waals surface area contributed by atoms with Crippen LogP contribution in [0.3, 0.4) is 0 Å². The Labute approximate surface area is 131 Å². The molecule has 0 bridgehead atoms. The third kappa shape index (κ3) is 3.37. The summed E-state index contributed by atoms with van der Waals surface area (Å²) < 4.78 is 9.08. The Morgan fingerprint density at radius 3 is 3.00 bits per heavy atom. The molecule has 1 N–H and O–H groups in total. The predicted molar refractivity (Wildman–Crippen MR) is 80.9 cm³/mol. The Kier molecular flexibility index (Phi) is 4.54. The van der Waals surface area contributed by atoms with Crippen LogP contribution >= 0.6 is 11.5 Å². The predicted octanol–water partition coefficient (Wildman–Crippen LogP) is 0.403. The molecule has 3 heterocycles. The Bertz CT molecular complexity index is 655. The average Bonchev–Trinajstić information content (AvgIpc) is 3.00. The van der Waals surface area contributed by atoms with E-state index in [1.807, 2.05) is 0 Å². The molecule has 1 fully saturated rings. The second-order valence-electron chi connectivity index (χ2n) is 4.82. The van der Waals surface area contributed by atoms with Crippen LogP contribution in [0.1, 0.15) is 21.1 Å². The van der Waals surface area contributed by atoms with E-state index in [1.165, 1.54) is 0 Å². The van der Waals surface area contributed by atoms with Crippen molar-refractivity contribution < 1.29 is 9.53 Å². The van der Waals surface area contributed by atoms with E-state index in [0.29, 0.717) is 36.3 Å². The van der Waals surface area contributed by atoms with Gasteiger partial charge in [-0.15, -0.1) is 5.10 Å². The summed E-state index contributed by atoms with van der Waals surface area (Å²) in [4.78, 5) is 23.4. The van der Waals surface area contributed by atoms with Gasteiger partial charge in [0.15, 0.2) is 0 Å². The maximum Gasteiger partial charge on any atom is 0.265 e. The van der Waals surface area contributed by atoms with Crippen LogP contribution in [0.15, 0.2) is 12.3 Å². The van der Waals surface area contributed by atoms with Crippen molar-refractivity contribution in [3.8, 4) is 0 Å². The molecule has 9 heteroatoms. The van der Waals surface area contributed by atoms with Gasteiger partial charge in [0.25, 0.3) is 5.91 Å². The number of morpholine rings is 1. The second-order valence-corrected chi connectivity index (χ2v) is 5.57. The lowest BCUT2D eigenvalue weighted by molar-refractivity contribution is 0.0953. The summed E-state index contributed by atoms with van der Waals surface area (Å²) in [7, 11) is 0. The van der Waals surface area contributed by atoms with Crippen LogP contribution in [-0.2, 0) is 11.3 Å². The van der Waals surface area contributed by atoms with Crippen LogP contribution in [0.4, 0.5) is 5.95 Å². The minimum atomic E-state index is -0.181. The molecular weight excluding hydrogens is 304 g/mol. The molecule has 0 radical (unpaired) electrons. The Balaban J connectivity index is 1.63. The van der Waals surface area contributed by atoms with Crippen LogP contribution in [0.5, 0.6) is 0 Å². The zero-order chi connectivity index (χ0) is 15.4. The van der Waals surface area contributed by atoms with Crippen molar-refractivity contribution in [3.05, 3.63) is 28.5 Å². The molecule has 0 aromatic carbocycles. The SMILES string of the molecule is Cc1nnsc1C(=O)NCc1ccnc(N2CCOCC2)n1. The highest BCUT2D eigenvalue weighted by Crippen LogP contribution is 2.11. The van der Waals surface area contributed by atoms with Gasteiger partial charge in [-0.2, -0.15) is 0 Å². The van der Waals surface area contributed by atoms with E-state index < -0.39 is 0 Å². The number of amides is 1. The van der Waals surface area contributed by atoms with Gasteiger partial charge < -0.3 is 15.0 Å². The molecule has 3 rings (SSSR count). The number of carbonyl (C=O) groups excluding carboxylic acids is 1. The summed E-state index contributed by atoms with van der Waals surface area (Å²) in [5.41, 5.74) is 1.40. The summed E-state index contributed by atoms with van der Waals surface area (Å²) >= 11 is 1.09. The minimum absolute atomic E-state index is 0.181. The van der Waals surface area contributed by atoms with E-state index >= 15 is 0 Å². The number of hydrogen-bond donors (Lipinski definition) is 1. The topological polar surface area (TPSA) is 93.1 Å². The van der Waals surface area contributed by atoms with Crippen molar-refractivity contribution in [2.24, 2.45) is 0 Å². The van der Waals surface area contributed by atoms with E-state index in [0.717, 1.165) is 30.3 Å². The molecule has 8 nitrogen and oxygen atoms in total. The molecule has 0 unspecified atom stereocenters. The quantitative estimate of drug-likeness (QED) is 0.871. The number of carbonyl (C=O) groups is 1. The number of hydrogen-bond acceptors (Lipinski definition) is 8. The highest BCUT2D eigenvalue weighted by atomic mass is 32.1. The summed E-state index contributed by atoms with van der Waals surface area (Å²) in [6.45, 7) is 5.03. The Morgan fingerprint density at radius 1 is 1.45 bits per heavy atom. The van der Waals surface area contributed by atoms with Crippen molar-refractivity contribution in [1.82, 2.24) is 24.9 Å². The van der Waals surface area contributed by atoms with Crippen LogP contribution in [-0.4, -0.2) is 51.8 Å². The second kappa shape index (κ2) is 6.75. The van der Waals surface area contributed by atoms with E-state index in [4.69, 9.17) is 4.74 Å². The summed E-state index contributed by atoms with van der Waals surface area (Å²) in [6, 6.07) is 1.79. The van der Waals surface area contributed by atoms with Crippen LogP contribution in [0.25, 0.3) is 0 Å². The fraction of sp³-hybridized carbons (Fsp3) is 0.462. The Hall–Kier alpha value is -2.13. The monoisotopic (exact) mass is 320 g/mol. The first kappa shape index (κ1) is 14.8. The fourth-order valence-electron chi connectivity index (χ4n) is 2.09. The normalized spacial score (nSPS) is 14.9. The molecule has 1 aliphatic rings. The van der Waals surface area contributed by atoms with Crippen molar-refractivity contribution in [2.75, 3.05) is 31.2 Å². The maximum absolute atomic E-state index is 12.0. The summed E-state index contributed by atoms with van der Waals surface area (Å²) in [5.74, 6) is 0.490. The molecule has 2 aromatic rings. The molecule has 0 saturated carbocycles. The molecule has 0 aliphatic carbocycles. The van der Waals surface area contributed by atoms with Crippen molar-refractivity contribution >= 4 is 23.4 Å². The van der Waals surface area contributed by atoms with Crippen LogP contribution < -0.4 is 10.2 Å². The van der Waals surface area contributed by atoms with E-state index in [2.05, 4.69) is 29.8 Å². The van der Waals surface area contributed by atoms with E-state index in [-0.39, 0.29) is 5.91 Å². The third-order valence-corrected chi connectivity index (χ3v) is 4.11. The molecule has 1 amide bonds. The molecule has 0 spiro atoms. The van der Waals surface area contributed by atoms with Gasteiger partial charge >= 0.3 is 0 Å². The van der Waals surface area contributed by atoms with Crippen molar-refractivity contribution in [1.29, 1.82) is 0 Å². The first-order valence-corrected chi connectivity index (χ1v) is 7.73. The molecule has 0 atom stereocenters. The minimum Gasteiger partial charge on any atom is -0.378 e. The first-order valence-electron chi connectivity index (χ1n) is 6.96. The summed E-state index contributed by atoms with van der Waals surface area (Å²) in [5, 5.41) is 6.66. The maximum atomic E-state index is 12.0. The zero-order valence-corrected chi connectivity index (χ0v) is 13.0. The number of nitrogens with one attached hydrogen (secondary N) is 1. The molecular formula is C13H16N6O2S. The van der Waals surface area contributed by atoms with Crippen LogP contribution in [0, 0.1) is 6.92 Å². The van der Waals surface area contributed by atoms with Gasteiger partial charge in [0, 0.05) is 19.3 Å². The van der Waals surface area contributed by atoms with Gasteiger partial charge in [-0.1, -0.05) is 4.49 Å². The lowest BCUT2D eigenvalue weighted by atomic mass is 10.3. The lowest BCUT2D eigenvalue weighted by Crippen LogP contribution is -2.37. The Morgan fingerprint density at radius 2 is 2.27 bits per heavy atom. The number of ether oxygens (including phenoxy) is 1. The number of nitrogens with zero attached hydrogens (tertiary/aromatic N) is 5. The third-order valence-electron chi connectivity index (χ3n) is 3.28. The number of aromatic nitrogens is 4. The van der Waals surface area contributed by atoms with Gasteiger partial charge in [0.1, 0.15) is 4.88 Å². The van der Waals surface area contributed by atoms with Crippen LogP contribution in [0.2, 0.25) is 0 Å². The number of aryl methyl sites for hydroxylation is 1. The van der Waals surface area contributed by atoms with Gasteiger partial charge in [-0.3, -0.25) is 4.79 Å². The zero-order valence-electron chi connectivity index (χ0n) is 12.2. The van der Waals surface area contributed by atoms with E-state index in [1.54, 1.807) is 19.2 Å². The number of rotatable bonds is 4. The lowest BCUT2D eigenvalue weighted by Gasteiger charge is -2.26. The van der Waals surface area contributed by atoms with Gasteiger partial charge in [0.2, 0.25) is 5.95 Å². The van der Waals surface area contributed by atoms with Gasteiger partial charge in [0.05, 0.1) is 31.1 Å². The van der Waals surface area contributed by atoms with Crippen molar-refractivity contribution in [3.63, 3.8) is 0 Å².